The van der Waals surface area contributed by atoms with Gasteiger partial charge >= 0.3 is 6.61 Å². The maximum Gasteiger partial charge on any atom is 0.388 e. The molecule has 0 spiro atoms. The lowest BCUT2D eigenvalue weighted by Gasteiger charge is -2.10. The summed E-state index contributed by atoms with van der Waals surface area (Å²) >= 11 is 17.0. The number of nitrogens with zero attached hydrogens (tertiary/aromatic N) is 3. The molecule has 0 radical (unpaired) electrons. The molecule has 0 bridgehead atoms. The van der Waals surface area contributed by atoms with Gasteiger partial charge in [-0.05, 0) is 35.0 Å². The highest BCUT2D eigenvalue weighted by Crippen LogP contribution is 2.40. The predicted molar refractivity (Wildman–Crippen MR) is 104 cm³/mol. The second kappa shape index (κ2) is 8.48. The first-order chi connectivity index (χ1) is 13.2. The molecule has 0 aliphatic heterocycles. The maximum atomic E-state index is 14.5. The van der Waals surface area contributed by atoms with Crippen LogP contribution in [0.15, 0.2) is 15.9 Å². The minimum atomic E-state index is -3.10. The smallest absolute Gasteiger partial charge is 0.388 e. The van der Waals surface area contributed by atoms with Crippen LogP contribution in [0.4, 0.5) is 13.2 Å². The normalized spacial score (nSPS) is 11.3. The number of benzene rings is 1. The van der Waals surface area contributed by atoms with Crippen LogP contribution in [0.5, 0.6) is 11.6 Å². The number of rotatable bonds is 6. The third-order valence-electron chi connectivity index (χ3n) is 3.54. The Kier molecular flexibility index (Phi) is 6.43. The van der Waals surface area contributed by atoms with Crippen molar-refractivity contribution in [1.82, 2.24) is 14.8 Å². The fourth-order valence-electron chi connectivity index (χ4n) is 2.37. The van der Waals surface area contributed by atoms with Gasteiger partial charge in [0.25, 0.3) is 0 Å². The summed E-state index contributed by atoms with van der Waals surface area (Å²) in [6.07, 6.45) is 0. The molecule has 0 N–H and O–H groups in total. The molecule has 12 heteroatoms. The second-order valence-corrected chi connectivity index (χ2v) is 8.78. The molecule has 2 aromatic heterocycles. The summed E-state index contributed by atoms with van der Waals surface area (Å²) in [5.74, 6) is -0.967. The van der Waals surface area contributed by atoms with Crippen LogP contribution in [0.3, 0.4) is 0 Å². The van der Waals surface area contributed by atoms with Gasteiger partial charge in [0.1, 0.15) is 34.6 Å². The van der Waals surface area contributed by atoms with Crippen LogP contribution in [0.1, 0.15) is 10.7 Å². The van der Waals surface area contributed by atoms with Gasteiger partial charge in [0.05, 0.1) is 13.8 Å². The number of aryl methyl sites for hydroxylation is 2. The highest BCUT2D eigenvalue weighted by Gasteiger charge is 2.23. The Bertz CT molecular complexity index is 1030. The third-order valence-corrected chi connectivity index (χ3v) is 5.92. The second-order valence-electron chi connectivity index (χ2n) is 5.47. The molecule has 0 aliphatic carbocycles. The van der Waals surface area contributed by atoms with Crippen LogP contribution in [-0.4, -0.2) is 21.4 Å². The lowest BCUT2D eigenvalue weighted by Crippen LogP contribution is -2.06. The Morgan fingerprint density at radius 1 is 1.32 bits per heavy atom. The molecule has 3 rings (SSSR count). The summed E-state index contributed by atoms with van der Waals surface area (Å²) in [7, 11) is 1.35. The third kappa shape index (κ3) is 4.40. The summed E-state index contributed by atoms with van der Waals surface area (Å²) in [6, 6.07) is 2.33. The van der Waals surface area contributed by atoms with E-state index in [1.54, 1.807) is 0 Å². The first kappa shape index (κ1) is 21.2. The summed E-state index contributed by atoms with van der Waals surface area (Å²) in [4.78, 5) is 4.31. The molecule has 3 aromatic rings. The summed E-state index contributed by atoms with van der Waals surface area (Å²) < 4.78 is 51.4. The zero-order chi connectivity index (χ0) is 20.6. The van der Waals surface area contributed by atoms with Crippen LogP contribution in [0, 0.1) is 12.7 Å². The Morgan fingerprint density at radius 2 is 2.04 bits per heavy atom. The molecule has 0 fully saturated rings. The number of hydrogen-bond donors (Lipinski definition) is 0. The molecule has 150 valence electrons. The van der Waals surface area contributed by atoms with Gasteiger partial charge in [-0.3, -0.25) is 0 Å². The van der Waals surface area contributed by atoms with E-state index in [2.05, 4.69) is 30.7 Å². The van der Waals surface area contributed by atoms with E-state index in [-0.39, 0.29) is 39.5 Å². The van der Waals surface area contributed by atoms with Gasteiger partial charge in [-0.1, -0.05) is 23.2 Å². The molecule has 5 nitrogen and oxygen atoms in total. The fourth-order valence-corrected chi connectivity index (χ4v) is 4.42. The minimum absolute atomic E-state index is 0.0282. The van der Waals surface area contributed by atoms with Crippen molar-refractivity contribution in [3.8, 4) is 22.9 Å². The standard InChI is InChI=1S/C16H11BrCl2F3N3O2S/c1-6-23-10(14(17)28-6)5-26-11-3-7(9(20)4-8(11)18)13-12(19)15(25(2)24-13)27-16(21)22/h3-4,16H,5H2,1-2H3. The first-order valence-electron chi connectivity index (χ1n) is 7.58. The van der Waals surface area contributed by atoms with Crippen molar-refractivity contribution in [2.75, 3.05) is 0 Å². The number of ether oxygens (including phenoxy) is 2. The molecule has 0 saturated heterocycles. The van der Waals surface area contributed by atoms with Crippen molar-refractivity contribution in [2.45, 2.75) is 20.1 Å². The Balaban J connectivity index is 1.95. The molecule has 0 amide bonds. The van der Waals surface area contributed by atoms with Crippen molar-refractivity contribution in [2.24, 2.45) is 7.05 Å². The van der Waals surface area contributed by atoms with Crippen molar-refractivity contribution in [3.05, 3.63) is 42.5 Å². The first-order valence-corrected chi connectivity index (χ1v) is 9.95. The molecular formula is C16H11BrCl2F3N3O2S. The van der Waals surface area contributed by atoms with Crippen LogP contribution in [-0.2, 0) is 13.7 Å². The number of halogens is 6. The number of alkyl halides is 2. The Labute approximate surface area is 180 Å². The van der Waals surface area contributed by atoms with Crippen LogP contribution in [0.2, 0.25) is 10.0 Å². The summed E-state index contributed by atoms with van der Waals surface area (Å²) in [5, 5.41) is 4.59. The Hall–Kier alpha value is -1.49. The van der Waals surface area contributed by atoms with E-state index in [0.29, 0.717) is 5.69 Å². The van der Waals surface area contributed by atoms with Gasteiger partial charge in [-0.25, -0.2) is 14.1 Å². The topological polar surface area (TPSA) is 49.2 Å². The van der Waals surface area contributed by atoms with Crippen LogP contribution < -0.4 is 9.47 Å². The SMILES string of the molecule is Cc1nc(COc2cc(-c3nn(C)c(OC(F)F)c3Cl)c(F)cc2Cl)c(Br)s1. The van der Waals surface area contributed by atoms with Crippen LogP contribution >= 0.6 is 50.5 Å². The van der Waals surface area contributed by atoms with E-state index in [1.165, 1.54) is 24.5 Å². The van der Waals surface area contributed by atoms with Crippen molar-refractivity contribution in [1.29, 1.82) is 0 Å². The van der Waals surface area contributed by atoms with Gasteiger partial charge < -0.3 is 9.47 Å². The highest BCUT2D eigenvalue weighted by atomic mass is 79.9. The lowest BCUT2D eigenvalue weighted by molar-refractivity contribution is -0.0552. The van der Waals surface area contributed by atoms with Gasteiger partial charge in [-0.15, -0.1) is 11.3 Å². The molecule has 0 aliphatic rings. The average Bonchev–Trinajstić information content (AvgIpc) is 3.06. The van der Waals surface area contributed by atoms with Gasteiger partial charge in [0.2, 0.25) is 5.88 Å². The van der Waals surface area contributed by atoms with E-state index < -0.39 is 12.4 Å². The van der Waals surface area contributed by atoms with E-state index in [1.807, 2.05) is 6.92 Å². The molecular weight excluding hydrogens is 506 g/mol. The number of hydrogen-bond acceptors (Lipinski definition) is 5. The van der Waals surface area contributed by atoms with Gasteiger partial charge in [-0.2, -0.15) is 13.9 Å². The molecule has 0 atom stereocenters. The lowest BCUT2D eigenvalue weighted by atomic mass is 10.1. The highest BCUT2D eigenvalue weighted by molar-refractivity contribution is 9.11. The quantitative estimate of drug-likeness (QED) is 0.389. The van der Waals surface area contributed by atoms with Crippen molar-refractivity contribution in [3.63, 3.8) is 0 Å². The minimum Gasteiger partial charge on any atom is -0.486 e. The zero-order valence-corrected chi connectivity index (χ0v) is 18.2. The average molecular weight is 517 g/mol. The van der Waals surface area contributed by atoms with Gasteiger partial charge in [0.15, 0.2) is 0 Å². The Morgan fingerprint density at radius 3 is 2.64 bits per heavy atom. The predicted octanol–water partition coefficient (Wildman–Crippen LogP) is 6.24. The van der Waals surface area contributed by atoms with E-state index in [4.69, 9.17) is 27.9 Å². The molecule has 0 saturated carbocycles. The number of aromatic nitrogens is 3. The summed E-state index contributed by atoms with van der Waals surface area (Å²) in [6.45, 7) is -1.16. The van der Waals surface area contributed by atoms with E-state index in [9.17, 15) is 13.2 Å². The van der Waals surface area contributed by atoms with Gasteiger partial charge in [0, 0.05) is 12.6 Å². The van der Waals surface area contributed by atoms with Crippen molar-refractivity contribution < 1.29 is 22.6 Å². The maximum absolute atomic E-state index is 14.5. The van der Waals surface area contributed by atoms with Crippen molar-refractivity contribution >= 4 is 50.5 Å². The van der Waals surface area contributed by atoms with Crippen LogP contribution in [0.25, 0.3) is 11.3 Å². The molecule has 1 aromatic carbocycles. The molecule has 28 heavy (non-hydrogen) atoms. The number of thiazole rings is 1. The monoisotopic (exact) mass is 515 g/mol. The summed E-state index contributed by atoms with van der Waals surface area (Å²) in [5.41, 5.74) is 0.509. The van der Waals surface area contributed by atoms with E-state index in [0.717, 1.165) is 19.5 Å². The zero-order valence-electron chi connectivity index (χ0n) is 14.3. The molecule has 2 heterocycles. The largest absolute Gasteiger partial charge is 0.486 e. The molecule has 0 unspecified atom stereocenters. The fraction of sp³-hybridized carbons (Fsp3) is 0.250. The van der Waals surface area contributed by atoms with E-state index >= 15 is 0 Å².